The Balaban J connectivity index is 1.88. The van der Waals surface area contributed by atoms with Crippen molar-refractivity contribution in [1.29, 1.82) is 0 Å². The Morgan fingerprint density at radius 2 is 1.89 bits per heavy atom. The number of benzene rings is 1. The number of pyridine rings is 1. The molecule has 1 heterocycles. The Labute approximate surface area is 162 Å². The lowest BCUT2D eigenvalue weighted by atomic mass is 9.97. The number of aromatic nitrogens is 1. The fraction of sp³-hybridized carbons (Fsp3) is 0.364. The van der Waals surface area contributed by atoms with Gasteiger partial charge in [0.05, 0.1) is 0 Å². The van der Waals surface area contributed by atoms with E-state index in [1.54, 1.807) is 24.3 Å². The zero-order valence-corrected chi connectivity index (χ0v) is 15.6. The number of amides is 1. The summed E-state index contributed by atoms with van der Waals surface area (Å²) in [4.78, 5) is 26.3. The van der Waals surface area contributed by atoms with Crippen LogP contribution in [0.4, 0.5) is 8.78 Å². The van der Waals surface area contributed by atoms with Gasteiger partial charge in [-0.1, -0.05) is 36.4 Å². The van der Waals surface area contributed by atoms with Crippen molar-refractivity contribution in [3.63, 3.8) is 0 Å². The smallest absolute Gasteiger partial charge is 0.251 e. The number of primary amides is 1. The van der Waals surface area contributed by atoms with Gasteiger partial charge in [-0.05, 0) is 48.8 Å². The van der Waals surface area contributed by atoms with Crippen LogP contribution in [0.15, 0.2) is 47.3 Å². The van der Waals surface area contributed by atoms with Crippen LogP contribution in [0.1, 0.15) is 60.4 Å². The Morgan fingerprint density at radius 3 is 2.46 bits per heavy atom. The summed E-state index contributed by atoms with van der Waals surface area (Å²) in [7, 11) is 0. The lowest BCUT2D eigenvalue weighted by Crippen LogP contribution is -2.13. The van der Waals surface area contributed by atoms with Gasteiger partial charge in [-0.2, -0.15) is 0 Å². The molecule has 0 saturated heterocycles. The summed E-state index contributed by atoms with van der Waals surface area (Å²) < 4.78 is 25.2. The Kier molecular flexibility index (Phi) is 6.39. The molecular formula is C22H24F2N2O2. The molecule has 1 aromatic heterocycles. The second-order valence-corrected chi connectivity index (χ2v) is 7.20. The van der Waals surface area contributed by atoms with Crippen molar-refractivity contribution in [3.8, 4) is 0 Å². The molecule has 1 amide bonds. The lowest BCUT2D eigenvalue weighted by Gasteiger charge is -2.11. The number of H-pyrrole nitrogens is 1. The molecule has 6 heteroatoms. The van der Waals surface area contributed by atoms with E-state index in [2.05, 4.69) is 4.98 Å². The second kappa shape index (κ2) is 8.95. The van der Waals surface area contributed by atoms with E-state index in [1.807, 2.05) is 18.2 Å². The average Bonchev–Trinajstić information content (AvgIpc) is 3.47. The van der Waals surface area contributed by atoms with Gasteiger partial charge in [0.15, 0.2) is 0 Å². The van der Waals surface area contributed by atoms with E-state index in [-0.39, 0.29) is 24.3 Å². The molecule has 3 N–H and O–H groups in total. The van der Waals surface area contributed by atoms with Gasteiger partial charge in [0.1, 0.15) is 0 Å². The maximum absolute atomic E-state index is 12.6. The number of nitrogens with two attached hydrogens (primary N) is 1. The largest absolute Gasteiger partial charge is 0.370 e. The predicted molar refractivity (Wildman–Crippen MR) is 105 cm³/mol. The van der Waals surface area contributed by atoms with Crippen molar-refractivity contribution in [3.05, 3.63) is 75.2 Å². The van der Waals surface area contributed by atoms with Gasteiger partial charge in [0, 0.05) is 29.7 Å². The first kappa shape index (κ1) is 20.0. The minimum atomic E-state index is -2.39. The Hall–Kier alpha value is -2.76. The standard InChI is InChI=1S/C22H24F2N2O2/c23-20(24)13-14-5-7-15(8-6-14)17(3-1-2-4-21(25)27)19-12-11-18(16-9-10-16)22(28)26-19/h3,5-8,11-12,16,20H,1-2,4,9-10,13H2,(H2,25,27)(H,26,28)/b17-3+. The zero-order chi connectivity index (χ0) is 20.1. The number of aromatic amines is 1. The van der Waals surface area contributed by atoms with Gasteiger partial charge in [-0.25, -0.2) is 8.78 Å². The molecule has 0 spiro atoms. The number of halogens is 2. The number of rotatable bonds is 9. The highest BCUT2D eigenvalue weighted by molar-refractivity contribution is 5.78. The number of allylic oxidation sites excluding steroid dienone is 1. The summed E-state index contributed by atoms with van der Waals surface area (Å²) in [5.41, 5.74) is 8.79. The van der Waals surface area contributed by atoms with Crippen LogP contribution in [0, 0.1) is 0 Å². The molecule has 0 aliphatic heterocycles. The average molecular weight is 386 g/mol. The number of hydrogen-bond acceptors (Lipinski definition) is 2. The fourth-order valence-electron chi connectivity index (χ4n) is 3.26. The Morgan fingerprint density at radius 1 is 1.18 bits per heavy atom. The van der Waals surface area contributed by atoms with Crippen LogP contribution in [0.2, 0.25) is 0 Å². The summed E-state index contributed by atoms with van der Waals surface area (Å²) in [6.07, 6.45) is 2.87. The summed E-state index contributed by atoms with van der Waals surface area (Å²) in [6, 6.07) is 10.7. The summed E-state index contributed by atoms with van der Waals surface area (Å²) in [5.74, 6) is 0.00271. The molecule has 2 aromatic rings. The van der Waals surface area contributed by atoms with E-state index >= 15 is 0 Å². The molecule has 3 rings (SSSR count). The number of alkyl halides is 2. The van der Waals surface area contributed by atoms with Crippen molar-refractivity contribution in [1.82, 2.24) is 4.98 Å². The van der Waals surface area contributed by atoms with E-state index in [0.717, 1.165) is 29.5 Å². The molecule has 0 bridgehead atoms. The molecule has 1 aliphatic rings. The fourth-order valence-corrected chi connectivity index (χ4v) is 3.26. The van der Waals surface area contributed by atoms with Crippen LogP contribution in [0.25, 0.3) is 5.57 Å². The third-order valence-electron chi connectivity index (χ3n) is 4.88. The summed E-state index contributed by atoms with van der Waals surface area (Å²) in [6.45, 7) is 0. The number of nitrogens with one attached hydrogen (secondary N) is 1. The highest BCUT2D eigenvalue weighted by Gasteiger charge is 2.26. The van der Waals surface area contributed by atoms with Gasteiger partial charge in [-0.3, -0.25) is 9.59 Å². The van der Waals surface area contributed by atoms with Crippen LogP contribution in [-0.4, -0.2) is 17.3 Å². The molecule has 1 saturated carbocycles. The number of carbonyl (C=O) groups is 1. The minimum Gasteiger partial charge on any atom is -0.370 e. The number of hydrogen-bond donors (Lipinski definition) is 2. The van der Waals surface area contributed by atoms with Gasteiger partial charge in [0.25, 0.3) is 5.56 Å². The molecule has 1 aromatic carbocycles. The third-order valence-corrected chi connectivity index (χ3v) is 4.88. The first-order valence-corrected chi connectivity index (χ1v) is 9.53. The van der Waals surface area contributed by atoms with Crippen molar-refractivity contribution in [2.45, 2.75) is 50.9 Å². The van der Waals surface area contributed by atoms with E-state index in [9.17, 15) is 18.4 Å². The minimum absolute atomic E-state index is 0.0858. The van der Waals surface area contributed by atoms with Crippen molar-refractivity contribution in [2.24, 2.45) is 5.73 Å². The van der Waals surface area contributed by atoms with Gasteiger partial charge >= 0.3 is 0 Å². The maximum Gasteiger partial charge on any atom is 0.251 e. The number of unbranched alkanes of at least 4 members (excludes halogenated alkanes) is 1. The van der Waals surface area contributed by atoms with Crippen LogP contribution in [0.5, 0.6) is 0 Å². The molecule has 0 radical (unpaired) electrons. The maximum atomic E-state index is 12.6. The Bertz CT molecular complexity index is 913. The van der Waals surface area contributed by atoms with Crippen molar-refractivity contribution in [2.75, 3.05) is 0 Å². The van der Waals surface area contributed by atoms with Crippen LogP contribution < -0.4 is 11.3 Å². The third kappa shape index (κ3) is 5.38. The van der Waals surface area contributed by atoms with Crippen molar-refractivity contribution < 1.29 is 13.6 Å². The summed E-state index contributed by atoms with van der Waals surface area (Å²) >= 11 is 0. The normalized spacial score (nSPS) is 14.5. The van der Waals surface area contributed by atoms with Crippen LogP contribution in [0.3, 0.4) is 0 Å². The molecule has 28 heavy (non-hydrogen) atoms. The molecule has 4 nitrogen and oxygen atoms in total. The highest BCUT2D eigenvalue weighted by Crippen LogP contribution is 2.38. The first-order chi connectivity index (χ1) is 13.4. The van der Waals surface area contributed by atoms with E-state index < -0.39 is 6.43 Å². The number of carbonyl (C=O) groups excluding carboxylic acids is 1. The summed E-state index contributed by atoms with van der Waals surface area (Å²) in [5, 5.41) is 0. The first-order valence-electron chi connectivity index (χ1n) is 9.53. The lowest BCUT2D eigenvalue weighted by molar-refractivity contribution is -0.118. The van der Waals surface area contributed by atoms with E-state index in [4.69, 9.17) is 5.73 Å². The van der Waals surface area contributed by atoms with Crippen molar-refractivity contribution >= 4 is 11.5 Å². The molecule has 148 valence electrons. The quantitative estimate of drug-likeness (QED) is 0.635. The van der Waals surface area contributed by atoms with Gasteiger partial charge in [-0.15, -0.1) is 0 Å². The molecule has 0 atom stereocenters. The predicted octanol–water partition coefficient (Wildman–Crippen LogP) is 4.15. The molecule has 0 unspecified atom stereocenters. The zero-order valence-electron chi connectivity index (χ0n) is 15.6. The molecule has 1 fully saturated rings. The topological polar surface area (TPSA) is 76.0 Å². The van der Waals surface area contributed by atoms with E-state index in [1.165, 1.54) is 0 Å². The van der Waals surface area contributed by atoms with E-state index in [0.29, 0.717) is 30.0 Å². The second-order valence-electron chi connectivity index (χ2n) is 7.20. The van der Waals surface area contributed by atoms with Gasteiger partial charge < -0.3 is 10.7 Å². The highest BCUT2D eigenvalue weighted by atomic mass is 19.3. The monoisotopic (exact) mass is 386 g/mol. The van der Waals surface area contributed by atoms with Gasteiger partial charge in [0.2, 0.25) is 12.3 Å². The van der Waals surface area contributed by atoms with Crippen LogP contribution >= 0.6 is 0 Å². The SMILES string of the molecule is NC(=O)CCC/C=C(\c1ccc(CC(F)F)cc1)c1ccc(C2CC2)c(=O)[nH]1. The molecular weight excluding hydrogens is 362 g/mol. The van der Waals surface area contributed by atoms with Crippen LogP contribution in [-0.2, 0) is 11.2 Å². The molecule has 1 aliphatic carbocycles.